The average molecular weight is 1070 g/mol. The van der Waals surface area contributed by atoms with E-state index >= 15 is 0 Å². The van der Waals surface area contributed by atoms with Crippen LogP contribution in [0.4, 0.5) is 0 Å². The van der Waals surface area contributed by atoms with Gasteiger partial charge in [0.2, 0.25) is 5.91 Å². The highest BCUT2D eigenvalue weighted by atomic mass is 16.7. The van der Waals surface area contributed by atoms with Crippen LogP contribution in [0.15, 0.2) is 24.3 Å². The van der Waals surface area contributed by atoms with E-state index in [0.717, 1.165) is 77.0 Å². The molecule has 0 bridgehead atoms. The van der Waals surface area contributed by atoms with Gasteiger partial charge in [0.25, 0.3) is 0 Å². The van der Waals surface area contributed by atoms with Gasteiger partial charge in [-0.3, -0.25) is 4.79 Å². The lowest BCUT2D eigenvalue weighted by Crippen LogP contribution is -2.65. The van der Waals surface area contributed by atoms with Gasteiger partial charge in [-0.05, 0) is 38.5 Å². The molecule has 0 saturated carbocycles. The number of allylic oxidation sites excluding steroid dienone is 4. The molecule has 0 aromatic rings. The number of hydrogen-bond donors (Lipinski definition) is 9. The maximum atomic E-state index is 13.2. The molecule has 442 valence electrons. The molecule has 0 spiro atoms. The van der Waals surface area contributed by atoms with E-state index in [1.165, 1.54) is 154 Å². The molecular weight excluding hydrogens is 955 g/mol. The molecule has 12 atom stereocenters. The van der Waals surface area contributed by atoms with Gasteiger partial charge in [-0.25, -0.2) is 0 Å². The Labute approximate surface area is 456 Å². The summed E-state index contributed by atoms with van der Waals surface area (Å²) in [6, 6.07) is -0.835. The van der Waals surface area contributed by atoms with E-state index in [1.54, 1.807) is 0 Å². The second kappa shape index (κ2) is 47.3. The molecule has 2 aliphatic heterocycles. The zero-order valence-corrected chi connectivity index (χ0v) is 47.6. The Morgan fingerprint density at radius 2 is 0.907 bits per heavy atom. The maximum absolute atomic E-state index is 13.2. The number of nitrogens with one attached hydrogen (secondary N) is 1. The van der Waals surface area contributed by atoms with Crippen LogP contribution in [0.3, 0.4) is 0 Å². The number of aliphatic hydroxyl groups excluding tert-OH is 8. The first-order chi connectivity index (χ1) is 36.6. The van der Waals surface area contributed by atoms with E-state index in [-0.39, 0.29) is 18.9 Å². The van der Waals surface area contributed by atoms with Gasteiger partial charge in [0.15, 0.2) is 12.6 Å². The molecule has 75 heavy (non-hydrogen) atoms. The number of ether oxygens (including phenoxy) is 4. The normalized spacial score (nSPS) is 25.1. The monoisotopic (exact) mass is 1070 g/mol. The standard InChI is InChI=1S/C61H115NO13/c1-3-5-7-9-11-13-15-17-18-19-20-21-22-23-24-25-26-27-28-29-30-31-33-34-36-38-40-42-44-50(65)49(62-53(66)45-43-41-39-37-35-32-16-14-12-10-8-6-4-2)48-72-60-58(71)56(69)59(52(47-64)74-60)75-61-57(70)55(68)54(67)51(46-63)73-61/h8,10,14,16,49-52,54-61,63-65,67-71H,3-7,9,11-13,15,17-48H2,1-2H3,(H,62,66)/b10-8-,16-14-. The summed E-state index contributed by atoms with van der Waals surface area (Å²) < 4.78 is 22.8. The Kier molecular flexibility index (Phi) is 43.9. The molecule has 2 fully saturated rings. The molecule has 0 aromatic heterocycles. The Bertz CT molecular complexity index is 1350. The molecule has 0 aliphatic carbocycles. The van der Waals surface area contributed by atoms with Gasteiger partial charge in [-0.15, -0.1) is 0 Å². The molecule has 9 N–H and O–H groups in total. The van der Waals surface area contributed by atoms with Gasteiger partial charge in [-0.1, -0.05) is 244 Å². The Morgan fingerprint density at radius 3 is 1.39 bits per heavy atom. The second-order valence-electron chi connectivity index (χ2n) is 22.2. The van der Waals surface area contributed by atoms with Crippen molar-refractivity contribution in [2.45, 2.75) is 338 Å². The van der Waals surface area contributed by atoms with E-state index < -0.39 is 86.8 Å². The molecular formula is C61H115NO13. The zero-order chi connectivity index (χ0) is 54.6. The van der Waals surface area contributed by atoms with Crippen molar-refractivity contribution in [2.75, 3.05) is 19.8 Å². The summed E-state index contributed by atoms with van der Waals surface area (Å²) in [6.07, 6.45) is 39.1. The highest BCUT2D eigenvalue weighted by Crippen LogP contribution is 2.30. The smallest absolute Gasteiger partial charge is 0.220 e. The summed E-state index contributed by atoms with van der Waals surface area (Å²) in [5.74, 6) is -0.219. The average Bonchev–Trinajstić information content (AvgIpc) is 3.41. The van der Waals surface area contributed by atoms with Crippen LogP contribution in [0.25, 0.3) is 0 Å². The summed E-state index contributed by atoms with van der Waals surface area (Å²) in [4.78, 5) is 13.2. The van der Waals surface area contributed by atoms with Gasteiger partial charge in [-0.2, -0.15) is 0 Å². The topological polar surface area (TPSA) is 228 Å². The lowest BCUT2D eigenvalue weighted by Gasteiger charge is -2.46. The zero-order valence-electron chi connectivity index (χ0n) is 47.6. The van der Waals surface area contributed by atoms with E-state index in [4.69, 9.17) is 18.9 Å². The van der Waals surface area contributed by atoms with Crippen LogP contribution in [-0.2, 0) is 23.7 Å². The van der Waals surface area contributed by atoms with Crippen LogP contribution in [0.2, 0.25) is 0 Å². The molecule has 2 aliphatic rings. The fourth-order valence-corrected chi connectivity index (χ4v) is 10.4. The van der Waals surface area contributed by atoms with E-state index in [2.05, 4.69) is 43.5 Å². The third-order valence-electron chi connectivity index (χ3n) is 15.4. The second-order valence-corrected chi connectivity index (χ2v) is 22.2. The van der Waals surface area contributed by atoms with Crippen molar-refractivity contribution < 1.29 is 64.6 Å². The molecule has 2 rings (SSSR count). The Morgan fingerprint density at radius 1 is 0.480 bits per heavy atom. The van der Waals surface area contributed by atoms with Crippen LogP contribution >= 0.6 is 0 Å². The molecule has 12 unspecified atom stereocenters. The quantitative estimate of drug-likeness (QED) is 0.0204. The molecule has 2 heterocycles. The van der Waals surface area contributed by atoms with E-state index in [9.17, 15) is 45.6 Å². The fourth-order valence-electron chi connectivity index (χ4n) is 10.4. The first kappa shape index (κ1) is 69.6. The summed E-state index contributed by atoms with van der Waals surface area (Å²) in [5, 5.41) is 87.2. The van der Waals surface area contributed by atoms with Crippen LogP contribution in [0.5, 0.6) is 0 Å². The number of carbonyl (C=O) groups excluding carboxylic acids is 1. The molecule has 0 radical (unpaired) electrons. The minimum Gasteiger partial charge on any atom is -0.394 e. The van der Waals surface area contributed by atoms with Crippen LogP contribution in [0.1, 0.15) is 264 Å². The van der Waals surface area contributed by atoms with Crippen molar-refractivity contribution in [1.82, 2.24) is 5.32 Å². The molecule has 2 saturated heterocycles. The molecule has 0 aromatic carbocycles. The van der Waals surface area contributed by atoms with Gasteiger partial charge in [0.1, 0.15) is 48.8 Å². The van der Waals surface area contributed by atoms with E-state index in [0.29, 0.717) is 12.8 Å². The van der Waals surface area contributed by atoms with E-state index in [1.807, 2.05) is 0 Å². The van der Waals surface area contributed by atoms with Crippen molar-refractivity contribution in [3.05, 3.63) is 24.3 Å². The van der Waals surface area contributed by atoms with Gasteiger partial charge >= 0.3 is 0 Å². The van der Waals surface area contributed by atoms with Crippen LogP contribution < -0.4 is 5.32 Å². The van der Waals surface area contributed by atoms with Crippen molar-refractivity contribution in [1.29, 1.82) is 0 Å². The lowest BCUT2D eigenvalue weighted by molar-refractivity contribution is -0.359. The van der Waals surface area contributed by atoms with Crippen molar-refractivity contribution in [3.8, 4) is 0 Å². The van der Waals surface area contributed by atoms with Gasteiger partial charge in [0.05, 0.1) is 32.0 Å². The van der Waals surface area contributed by atoms with Crippen molar-refractivity contribution in [3.63, 3.8) is 0 Å². The number of amides is 1. The number of hydrogen-bond acceptors (Lipinski definition) is 13. The summed E-state index contributed by atoms with van der Waals surface area (Å²) >= 11 is 0. The number of rotatable bonds is 50. The summed E-state index contributed by atoms with van der Waals surface area (Å²) in [7, 11) is 0. The predicted molar refractivity (Wildman–Crippen MR) is 300 cm³/mol. The number of aliphatic hydroxyl groups is 8. The lowest BCUT2D eigenvalue weighted by atomic mass is 9.97. The predicted octanol–water partition coefficient (Wildman–Crippen LogP) is 10.8. The maximum Gasteiger partial charge on any atom is 0.220 e. The SMILES string of the molecule is CCC/C=C\C/C=C\CCCCCCCC(=O)NC(COC1OC(CO)C(OC2OC(CO)C(O)C(O)C2O)C(O)C1O)C(O)CCCCCCCCCCCCCCCCCCCCCCCCCCCCCC. The minimum atomic E-state index is -1.78. The van der Waals surface area contributed by atoms with Crippen LogP contribution in [-0.4, -0.2) is 140 Å². The van der Waals surface area contributed by atoms with Gasteiger partial charge in [0, 0.05) is 6.42 Å². The molecule has 14 nitrogen and oxygen atoms in total. The third kappa shape index (κ3) is 33.0. The molecule has 14 heteroatoms. The first-order valence-electron chi connectivity index (χ1n) is 31.1. The first-order valence-corrected chi connectivity index (χ1v) is 31.1. The van der Waals surface area contributed by atoms with Crippen molar-refractivity contribution in [2.24, 2.45) is 0 Å². The van der Waals surface area contributed by atoms with Crippen molar-refractivity contribution >= 4 is 5.91 Å². The Hall–Kier alpha value is -1.53. The largest absolute Gasteiger partial charge is 0.394 e. The van der Waals surface area contributed by atoms with Crippen LogP contribution in [0, 0.1) is 0 Å². The summed E-state index contributed by atoms with van der Waals surface area (Å²) in [5.41, 5.74) is 0. The number of unbranched alkanes of at least 4 members (excludes halogenated alkanes) is 33. The fraction of sp³-hybridized carbons (Fsp3) is 0.918. The highest BCUT2D eigenvalue weighted by molar-refractivity contribution is 5.76. The third-order valence-corrected chi connectivity index (χ3v) is 15.4. The Balaban J connectivity index is 1.68. The van der Waals surface area contributed by atoms with Gasteiger partial charge < -0.3 is 65.1 Å². The number of carbonyl (C=O) groups is 1. The minimum absolute atomic E-state index is 0.219. The highest BCUT2D eigenvalue weighted by Gasteiger charge is 2.51. The molecule has 1 amide bonds. The summed E-state index contributed by atoms with van der Waals surface area (Å²) in [6.45, 7) is 2.81.